The molecule has 14 heavy (non-hydrogen) atoms. The lowest BCUT2D eigenvalue weighted by Crippen LogP contribution is -2.32. The molecule has 0 aromatic heterocycles. The van der Waals surface area contributed by atoms with E-state index in [1.165, 1.54) is 0 Å². The van der Waals surface area contributed by atoms with Gasteiger partial charge in [-0.3, -0.25) is 0 Å². The third-order valence-corrected chi connectivity index (χ3v) is 5.67. The van der Waals surface area contributed by atoms with Crippen LogP contribution in [0.4, 0.5) is 0 Å². The molecule has 0 heterocycles. The Balaban J connectivity index is 4.43. The summed E-state index contributed by atoms with van der Waals surface area (Å²) < 4.78 is 22.9. The quantitative estimate of drug-likeness (QED) is 0.709. The molecule has 0 aliphatic rings. The average molecular weight is 241 g/mol. The van der Waals surface area contributed by atoms with Crippen molar-refractivity contribution in [2.75, 3.05) is 11.6 Å². The lowest BCUT2D eigenvalue weighted by molar-refractivity contribution is 0.402. The van der Waals surface area contributed by atoms with Crippen molar-refractivity contribution in [2.45, 2.75) is 45.8 Å². The molecule has 0 spiro atoms. The smallest absolute Gasteiger partial charge is 0.155 e. The minimum atomic E-state index is -3.00. The largest absolute Gasteiger partial charge is 0.228 e. The summed E-state index contributed by atoms with van der Waals surface area (Å²) in [7, 11) is -3.00. The molecule has 0 amide bonds. The van der Waals surface area contributed by atoms with Gasteiger partial charge in [-0.05, 0) is 32.6 Å². The van der Waals surface area contributed by atoms with Gasteiger partial charge in [-0.1, -0.05) is 13.8 Å². The Kier molecular flexibility index (Phi) is 4.47. The number of hydrogen-bond acceptors (Lipinski definition) is 2. The molecule has 0 aromatic rings. The van der Waals surface area contributed by atoms with Crippen molar-refractivity contribution >= 4 is 21.4 Å². The van der Waals surface area contributed by atoms with Crippen molar-refractivity contribution in [3.63, 3.8) is 0 Å². The Bertz CT molecular complexity index is 273. The maximum Gasteiger partial charge on any atom is 0.155 e. The van der Waals surface area contributed by atoms with Crippen LogP contribution in [0.3, 0.4) is 0 Å². The number of halogens is 1. The Morgan fingerprint density at radius 1 is 1.07 bits per heavy atom. The maximum absolute atomic E-state index is 11.8. The van der Waals surface area contributed by atoms with Gasteiger partial charge in [-0.15, -0.1) is 11.6 Å². The van der Waals surface area contributed by atoms with Gasteiger partial charge in [0.05, 0.1) is 10.5 Å². The summed E-state index contributed by atoms with van der Waals surface area (Å²) in [5.74, 6) is 0.711. The number of hydrogen-bond donors (Lipinski definition) is 0. The van der Waals surface area contributed by atoms with Gasteiger partial charge in [-0.25, -0.2) is 8.42 Å². The van der Waals surface area contributed by atoms with Crippen molar-refractivity contribution in [1.29, 1.82) is 0 Å². The van der Waals surface area contributed by atoms with Crippen LogP contribution in [0.15, 0.2) is 0 Å². The summed E-state index contributed by atoms with van der Waals surface area (Å²) in [5.41, 5.74) is -0.0973. The molecule has 0 aliphatic heterocycles. The van der Waals surface area contributed by atoms with Gasteiger partial charge >= 0.3 is 0 Å². The molecular formula is C10H21ClO2S. The van der Waals surface area contributed by atoms with Gasteiger partial charge < -0.3 is 0 Å². The van der Waals surface area contributed by atoms with E-state index >= 15 is 0 Å². The second-order valence-corrected chi connectivity index (χ2v) is 8.61. The zero-order chi connectivity index (χ0) is 11.6. The van der Waals surface area contributed by atoms with Crippen molar-refractivity contribution in [3.05, 3.63) is 0 Å². The van der Waals surface area contributed by atoms with Crippen LogP contribution in [-0.2, 0) is 9.84 Å². The van der Waals surface area contributed by atoms with Gasteiger partial charge in [0, 0.05) is 5.88 Å². The molecule has 0 fully saturated rings. The fraction of sp³-hybridized carbons (Fsp3) is 1.00. The van der Waals surface area contributed by atoms with Crippen LogP contribution >= 0.6 is 11.6 Å². The standard InChI is InChI=1S/C10H21ClO2S/c1-9(2,3)14(12,13)7-6-10(4,5)8-11/h6-8H2,1-5H3. The molecule has 2 nitrogen and oxygen atoms in total. The van der Waals surface area contributed by atoms with E-state index in [0.717, 1.165) is 0 Å². The minimum Gasteiger partial charge on any atom is -0.228 e. The third-order valence-electron chi connectivity index (χ3n) is 2.34. The molecule has 4 heteroatoms. The first-order chi connectivity index (χ1) is 6.02. The average Bonchev–Trinajstić information content (AvgIpc) is 1.99. The molecule has 0 N–H and O–H groups in total. The Morgan fingerprint density at radius 2 is 1.50 bits per heavy atom. The topological polar surface area (TPSA) is 34.1 Å². The third kappa shape index (κ3) is 4.18. The van der Waals surface area contributed by atoms with Crippen LogP contribution in [0.5, 0.6) is 0 Å². The molecular weight excluding hydrogens is 220 g/mol. The van der Waals surface area contributed by atoms with E-state index in [0.29, 0.717) is 12.3 Å². The lowest BCUT2D eigenvalue weighted by atomic mass is 9.93. The highest BCUT2D eigenvalue weighted by atomic mass is 35.5. The minimum absolute atomic E-state index is 0.0973. The molecule has 0 saturated heterocycles. The predicted molar refractivity (Wildman–Crippen MR) is 62.7 cm³/mol. The van der Waals surface area contributed by atoms with Crippen molar-refractivity contribution in [3.8, 4) is 0 Å². The van der Waals surface area contributed by atoms with Crippen molar-refractivity contribution < 1.29 is 8.42 Å². The summed E-state index contributed by atoms with van der Waals surface area (Å²) in [4.78, 5) is 0. The lowest BCUT2D eigenvalue weighted by Gasteiger charge is -2.25. The van der Waals surface area contributed by atoms with Crippen molar-refractivity contribution in [1.82, 2.24) is 0 Å². The fourth-order valence-electron chi connectivity index (χ4n) is 0.784. The van der Waals surface area contributed by atoms with Crippen LogP contribution in [0.1, 0.15) is 41.0 Å². The van der Waals surface area contributed by atoms with Crippen molar-refractivity contribution in [2.24, 2.45) is 5.41 Å². The molecule has 0 saturated carbocycles. The summed E-state index contributed by atoms with van der Waals surface area (Å²) in [6.45, 7) is 9.17. The van der Waals surface area contributed by atoms with E-state index in [9.17, 15) is 8.42 Å². The van der Waals surface area contributed by atoms with Gasteiger partial charge in [-0.2, -0.15) is 0 Å². The van der Waals surface area contributed by atoms with Gasteiger partial charge in [0.25, 0.3) is 0 Å². The second kappa shape index (κ2) is 4.40. The summed E-state index contributed by atoms with van der Waals surface area (Å²) >= 11 is 5.74. The fourth-order valence-corrected chi connectivity index (χ4v) is 2.35. The highest BCUT2D eigenvalue weighted by molar-refractivity contribution is 7.92. The van der Waals surface area contributed by atoms with E-state index in [1.54, 1.807) is 20.8 Å². The predicted octanol–water partition coefficient (Wildman–Crippen LogP) is 2.85. The highest BCUT2D eigenvalue weighted by Gasteiger charge is 2.30. The Morgan fingerprint density at radius 3 is 1.79 bits per heavy atom. The van der Waals surface area contributed by atoms with E-state index < -0.39 is 14.6 Å². The van der Waals surface area contributed by atoms with Crippen LogP contribution in [0, 0.1) is 5.41 Å². The first-order valence-corrected chi connectivity index (χ1v) is 6.99. The molecule has 0 radical (unpaired) electrons. The Labute approximate surface area is 93.0 Å². The zero-order valence-electron chi connectivity index (χ0n) is 9.72. The zero-order valence-corrected chi connectivity index (χ0v) is 11.3. The molecule has 0 rings (SSSR count). The van der Waals surface area contributed by atoms with Gasteiger partial charge in [0.2, 0.25) is 0 Å². The summed E-state index contributed by atoms with van der Waals surface area (Å²) in [6, 6.07) is 0. The van der Waals surface area contributed by atoms with Gasteiger partial charge in [0.15, 0.2) is 9.84 Å². The summed E-state index contributed by atoms with van der Waals surface area (Å²) in [5, 5.41) is 0. The van der Waals surface area contributed by atoms with Gasteiger partial charge in [0.1, 0.15) is 0 Å². The van der Waals surface area contributed by atoms with E-state index in [2.05, 4.69) is 0 Å². The Hall–Kier alpha value is 0.240. The number of alkyl halides is 1. The van der Waals surface area contributed by atoms with Crippen LogP contribution in [0.25, 0.3) is 0 Å². The highest BCUT2D eigenvalue weighted by Crippen LogP contribution is 2.26. The second-order valence-electron chi connectivity index (χ2n) is 5.48. The van der Waals surface area contributed by atoms with Crippen LogP contribution in [-0.4, -0.2) is 24.8 Å². The van der Waals surface area contributed by atoms with Crippen LogP contribution in [0.2, 0.25) is 0 Å². The SMILES string of the molecule is CC(C)(CCl)CCS(=O)(=O)C(C)(C)C. The number of rotatable bonds is 4. The maximum atomic E-state index is 11.8. The molecule has 86 valence electrons. The van der Waals surface area contributed by atoms with E-state index in [4.69, 9.17) is 11.6 Å². The monoisotopic (exact) mass is 240 g/mol. The first kappa shape index (κ1) is 14.2. The first-order valence-electron chi connectivity index (χ1n) is 4.80. The molecule has 0 unspecified atom stereocenters. The molecule has 0 aliphatic carbocycles. The molecule has 0 atom stereocenters. The summed E-state index contributed by atoms with van der Waals surface area (Å²) in [6.07, 6.45) is 0.621. The van der Waals surface area contributed by atoms with E-state index in [1.807, 2.05) is 13.8 Å². The molecule has 0 bridgehead atoms. The number of sulfone groups is 1. The van der Waals surface area contributed by atoms with E-state index in [-0.39, 0.29) is 11.2 Å². The normalized spacial score (nSPS) is 14.4. The van der Waals surface area contributed by atoms with Crippen LogP contribution < -0.4 is 0 Å². The molecule has 0 aromatic carbocycles.